The van der Waals surface area contributed by atoms with Crippen molar-refractivity contribution in [1.82, 2.24) is 25.0 Å². The highest BCUT2D eigenvalue weighted by Gasteiger charge is 2.14. The zero-order valence-electron chi connectivity index (χ0n) is 13.3. The van der Waals surface area contributed by atoms with Crippen molar-refractivity contribution >= 4 is 23.1 Å². The van der Waals surface area contributed by atoms with Crippen LogP contribution in [-0.4, -0.2) is 25.0 Å². The molecule has 7 nitrogen and oxygen atoms in total. The molecule has 0 aliphatic rings. The van der Waals surface area contributed by atoms with Gasteiger partial charge in [-0.3, -0.25) is 0 Å². The molecule has 0 fully saturated rings. The summed E-state index contributed by atoms with van der Waals surface area (Å²) in [7, 11) is 0. The van der Waals surface area contributed by atoms with E-state index >= 15 is 0 Å². The number of nitrogens with zero attached hydrogens (tertiary/aromatic N) is 5. The summed E-state index contributed by atoms with van der Waals surface area (Å²) in [5.74, 6) is 8.35. The zero-order chi connectivity index (χ0) is 17.2. The van der Waals surface area contributed by atoms with E-state index in [0.717, 1.165) is 11.1 Å². The van der Waals surface area contributed by atoms with Crippen molar-refractivity contribution in [2.75, 3.05) is 5.84 Å². The Morgan fingerprint density at radius 2 is 2.00 bits per heavy atom. The Balaban J connectivity index is 1.48. The summed E-state index contributed by atoms with van der Waals surface area (Å²) in [5, 5.41) is 16.9. The Labute approximate surface area is 151 Å². The molecular weight excluding hydrogens is 356 g/mol. The first-order valence-electron chi connectivity index (χ1n) is 7.46. The summed E-state index contributed by atoms with van der Waals surface area (Å²) in [4.78, 5) is 4.38. The average Bonchev–Trinajstić information content (AvgIpc) is 3.35. The number of rotatable bonds is 5. The maximum atomic E-state index is 6.13. The SMILES string of the molecule is Cc1ccc(-c2nnc(SCc3noc(-c4ccsc4)n3)n2N)cc1. The molecule has 3 aromatic heterocycles. The van der Waals surface area contributed by atoms with Gasteiger partial charge in [0.2, 0.25) is 5.16 Å². The Kier molecular flexibility index (Phi) is 4.24. The lowest BCUT2D eigenvalue weighted by Gasteiger charge is -2.03. The molecule has 1 aromatic carbocycles. The maximum absolute atomic E-state index is 6.13. The Morgan fingerprint density at radius 3 is 2.76 bits per heavy atom. The quantitative estimate of drug-likeness (QED) is 0.425. The molecule has 2 N–H and O–H groups in total. The molecule has 0 bridgehead atoms. The highest BCUT2D eigenvalue weighted by Crippen LogP contribution is 2.25. The number of benzene rings is 1. The Hall–Kier alpha value is -2.65. The first-order chi connectivity index (χ1) is 12.2. The van der Waals surface area contributed by atoms with Crippen LogP contribution in [0.15, 0.2) is 50.8 Å². The van der Waals surface area contributed by atoms with Gasteiger partial charge < -0.3 is 10.4 Å². The van der Waals surface area contributed by atoms with Crippen molar-refractivity contribution in [3.05, 3.63) is 52.5 Å². The summed E-state index contributed by atoms with van der Waals surface area (Å²) in [6.07, 6.45) is 0. The molecule has 25 heavy (non-hydrogen) atoms. The van der Waals surface area contributed by atoms with E-state index in [9.17, 15) is 0 Å². The van der Waals surface area contributed by atoms with Gasteiger partial charge in [0.25, 0.3) is 5.89 Å². The molecule has 4 aromatic rings. The van der Waals surface area contributed by atoms with E-state index in [4.69, 9.17) is 10.4 Å². The number of nitrogen functional groups attached to an aromatic ring is 1. The van der Waals surface area contributed by atoms with Gasteiger partial charge in [-0.2, -0.15) is 16.3 Å². The number of aromatic nitrogens is 5. The Morgan fingerprint density at radius 1 is 1.16 bits per heavy atom. The fraction of sp³-hybridized carbons (Fsp3) is 0.125. The van der Waals surface area contributed by atoms with Crippen molar-refractivity contribution in [3.63, 3.8) is 0 Å². The second-order valence-corrected chi connectivity index (χ2v) is 7.08. The number of thioether (sulfide) groups is 1. The third-order valence-corrected chi connectivity index (χ3v) is 5.16. The summed E-state index contributed by atoms with van der Waals surface area (Å²) in [5.41, 5.74) is 3.03. The van der Waals surface area contributed by atoms with E-state index in [1.807, 2.05) is 48.0 Å². The topological polar surface area (TPSA) is 95.6 Å². The van der Waals surface area contributed by atoms with Crippen molar-refractivity contribution in [2.24, 2.45) is 0 Å². The van der Waals surface area contributed by atoms with Crippen LogP contribution in [0.5, 0.6) is 0 Å². The molecular formula is C16H14N6OS2. The standard InChI is InChI=1S/C16H14N6OS2/c1-10-2-4-11(5-3-10)14-19-20-16(22(14)17)25-9-13-18-15(23-21-13)12-6-7-24-8-12/h2-8H,9,17H2,1H3. The van der Waals surface area contributed by atoms with Crippen molar-refractivity contribution in [2.45, 2.75) is 17.8 Å². The fourth-order valence-corrected chi connectivity index (χ4v) is 3.55. The predicted octanol–water partition coefficient (Wildman–Crippen LogP) is 3.37. The van der Waals surface area contributed by atoms with Gasteiger partial charge in [-0.05, 0) is 18.4 Å². The van der Waals surface area contributed by atoms with Crippen LogP contribution in [0.4, 0.5) is 0 Å². The highest BCUT2D eigenvalue weighted by molar-refractivity contribution is 7.98. The van der Waals surface area contributed by atoms with E-state index in [1.165, 1.54) is 22.0 Å². The molecule has 0 radical (unpaired) electrons. The van der Waals surface area contributed by atoms with E-state index in [-0.39, 0.29) is 0 Å². The summed E-state index contributed by atoms with van der Waals surface area (Å²) < 4.78 is 6.75. The van der Waals surface area contributed by atoms with Crippen LogP contribution in [0, 0.1) is 6.92 Å². The van der Waals surface area contributed by atoms with Gasteiger partial charge in [0.1, 0.15) is 0 Å². The molecule has 0 unspecified atom stereocenters. The molecule has 0 amide bonds. The monoisotopic (exact) mass is 370 g/mol. The minimum atomic E-state index is 0.497. The normalized spacial score (nSPS) is 11.1. The van der Waals surface area contributed by atoms with Gasteiger partial charge >= 0.3 is 0 Å². The van der Waals surface area contributed by atoms with Gasteiger partial charge in [-0.25, -0.2) is 4.68 Å². The van der Waals surface area contributed by atoms with Gasteiger partial charge in [-0.15, -0.1) is 10.2 Å². The minimum absolute atomic E-state index is 0.497. The molecule has 0 saturated carbocycles. The largest absolute Gasteiger partial charge is 0.335 e. The lowest BCUT2D eigenvalue weighted by Crippen LogP contribution is -2.11. The van der Waals surface area contributed by atoms with Crippen LogP contribution in [0.1, 0.15) is 11.4 Å². The van der Waals surface area contributed by atoms with Crippen molar-refractivity contribution in [3.8, 4) is 22.8 Å². The van der Waals surface area contributed by atoms with Crippen LogP contribution in [0.2, 0.25) is 0 Å². The van der Waals surface area contributed by atoms with Crippen LogP contribution in [-0.2, 0) is 5.75 Å². The van der Waals surface area contributed by atoms with E-state index in [0.29, 0.717) is 28.4 Å². The third kappa shape index (κ3) is 3.28. The number of hydrogen-bond acceptors (Lipinski definition) is 8. The van der Waals surface area contributed by atoms with Crippen LogP contribution in [0.25, 0.3) is 22.8 Å². The lowest BCUT2D eigenvalue weighted by atomic mass is 10.1. The summed E-state index contributed by atoms with van der Waals surface area (Å²) in [6.45, 7) is 2.04. The molecule has 9 heteroatoms. The lowest BCUT2D eigenvalue weighted by molar-refractivity contribution is 0.425. The van der Waals surface area contributed by atoms with Gasteiger partial charge in [-0.1, -0.05) is 46.7 Å². The van der Waals surface area contributed by atoms with Crippen LogP contribution in [0.3, 0.4) is 0 Å². The predicted molar refractivity (Wildman–Crippen MR) is 97.5 cm³/mol. The first kappa shape index (κ1) is 15.9. The maximum Gasteiger partial charge on any atom is 0.258 e. The van der Waals surface area contributed by atoms with Gasteiger partial charge in [0.05, 0.1) is 11.3 Å². The smallest absolute Gasteiger partial charge is 0.258 e. The van der Waals surface area contributed by atoms with E-state index < -0.39 is 0 Å². The molecule has 3 heterocycles. The zero-order valence-corrected chi connectivity index (χ0v) is 14.9. The average molecular weight is 370 g/mol. The Bertz CT molecular complexity index is 975. The molecule has 4 rings (SSSR count). The molecule has 0 saturated heterocycles. The molecule has 0 atom stereocenters. The minimum Gasteiger partial charge on any atom is -0.335 e. The fourth-order valence-electron chi connectivity index (χ4n) is 2.22. The second kappa shape index (κ2) is 6.69. The summed E-state index contributed by atoms with van der Waals surface area (Å²) in [6, 6.07) is 9.93. The highest BCUT2D eigenvalue weighted by atomic mass is 32.2. The number of hydrogen-bond donors (Lipinski definition) is 1. The van der Waals surface area contributed by atoms with Crippen LogP contribution >= 0.6 is 23.1 Å². The van der Waals surface area contributed by atoms with Crippen molar-refractivity contribution < 1.29 is 4.52 Å². The third-order valence-electron chi connectivity index (χ3n) is 3.54. The second-order valence-electron chi connectivity index (χ2n) is 5.36. The first-order valence-corrected chi connectivity index (χ1v) is 9.39. The summed E-state index contributed by atoms with van der Waals surface area (Å²) >= 11 is 3.00. The van der Waals surface area contributed by atoms with E-state index in [2.05, 4.69) is 20.3 Å². The van der Waals surface area contributed by atoms with Crippen molar-refractivity contribution in [1.29, 1.82) is 0 Å². The number of nitrogens with two attached hydrogens (primary N) is 1. The molecule has 126 valence electrons. The number of thiophene rings is 1. The van der Waals surface area contributed by atoms with Crippen LogP contribution < -0.4 is 5.84 Å². The molecule has 0 aliphatic heterocycles. The molecule has 0 aliphatic carbocycles. The van der Waals surface area contributed by atoms with E-state index in [1.54, 1.807) is 11.3 Å². The molecule has 0 spiro atoms. The number of aryl methyl sites for hydroxylation is 1. The van der Waals surface area contributed by atoms with Gasteiger partial charge in [0, 0.05) is 10.9 Å². The van der Waals surface area contributed by atoms with Gasteiger partial charge in [0.15, 0.2) is 11.6 Å².